The molecule has 0 aliphatic carbocycles. The van der Waals surface area contributed by atoms with Crippen LogP contribution in [0.4, 0.5) is 4.39 Å². The number of carbonyl (C=O) groups excluding carboxylic acids is 1. The second-order valence-electron chi connectivity index (χ2n) is 5.37. The van der Waals surface area contributed by atoms with Crippen LogP contribution < -0.4 is 10.1 Å². The standard InChI is InChI=1S/C20H14FN3O2/c21-18-9-2-1-6-15(18)13-24-19(25)17-8-4-10-23-20(17)26-16-7-3-5-14(11-16)12-22/h1-11H,13H2,(H,24,25). The zero-order valence-electron chi connectivity index (χ0n) is 13.6. The number of halogens is 1. The molecule has 0 unspecified atom stereocenters. The van der Waals surface area contributed by atoms with Crippen LogP contribution in [0.2, 0.25) is 0 Å². The Hall–Kier alpha value is -3.72. The summed E-state index contributed by atoms with van der Waals surface area (Å²) in [4.78, 5) is 16.5. The number of rotatable bonds is 5. The largest absolute Gasteiger partial charge is 0.438 e. The number of aromatic nitrogens is 1. The van der Waals surface area contributed by atoms with Crippen molar-refractivity contribution in [1.29, 1.82) is 5.26 Å². The van der Waals surface area contributed by atoms with Crippen LogP contribution in [0.1, 0.15) is 21.5 Å². The predicted molar refractivity (Wildman–Crippen MR) is 93.0 cm³/mol. The molecule has 0 atom stereocenters. The molecule has 0 saturated heterocycles. The molecule has 1 amide bonds. The molecule has 1 aromatic heterocycles. The van der Waals surface area contributed by atoms with E-state index < -0.39 is 5.91 Å². The van der Waals surface area contributed by atoms with Crippen molar-refractivity contribution in [2.45, 2.75) is 6.54 Å². The summed E-state index contributed by atoms with van der Waals surface area (Å²) in [5.41, 5.74) is 1.03. The number of pyridine rings is 1. The first-order valence-corrected chi connectivity index (χ1v) is 7.82. The minimum atomic E-state index is -0.437. The third-order valence-electron chi connectivity index (χ3n) is 3.59. The Bertz CT molecular complexity index is 983. The van der Waals surface area contributed by atoms with Crippen LogP contribution in [0.5, 0.6) is 11.6 Å². The third kappa shape index (κ3) is 4.02. The Kier molecular flexibility index (Phi) is 5.20. The lowest BCUT2D eigenvalue weighted by Gasteiger charge is -2.11. The van der Waals surface area contributed by atoms with E-state index in [1.807, 2.05) is 6.07 Å². The van der Waals surface area contributed by atoms with E-state index in [0.717, 1.165) is 0 Å². The van der Waals surface area contributed by atoms with Crippen molar-refractivity contribution in [3.05, 3.63) is 89.4 Å². The molecule has 6 heteroatoms. The minimum absolute atomic E-state index is 0.0454. The van der Waals surface area contributed by atoms with E-state index in [9.17, 15) is 9.18 Å². The van der Waals surface area contributed by atoms with E-state index >= 15 is 0 Å². The molecule has 0 spiro atoms. The summed E-state index contributed by atoms with van der Waals surface area (Å²) < 4.78 is 19.3. The molecule has 3 rings (SSSR count). The first kappa shape index (κ1) is 17.1. The average molecular weight is 347 g/mol. The van der Waals surface area contributed by atoms with Gasteiger partial charge >= 0.3 is 0 Å². The van der Waals surface area contributed by atoms with Gasteiger partial charge in [0, 0.05) is 18.3 Å². The van der Waals surface area contributed by atoms with Gasteiger partial charge in [0.15, 0.2) is 0 Å². The Labute approximate surface area is 149 Å². The van der Waals surface area contributed by atoms with E-state index in [4.69, 9.17) is 10.00 Å². The van der Waals surface area contributed by atoms with Gasteiger partial charge in [-0.2, -0.15) is 5.26 Å². The van der Waals surface area contributed by atoms with E-state index in [0.29, 0.717) is 16.9 Å². The summed E-state index contributed by atoms with van der Waals surface area (Å²) in [6.45, 7) is 0.0454. The lowest BCUT2D eigenvalue weighted by Crippen LogP contribution is -2.24. The zero-order chi connectivity index (χ0) is 18.4. The molecule has 0 aliphatic heterocycles. The Morgan fingerprint density at radius 3 is 2.81 bits per heavy atom. The first-order chi connectivity index (χ1) is 12.7. The zero-order valence-corrected chi connectivity index (χ0v) is 13.6. The highest BCUT2D eigenvalue weighted by atomic mass is 19.1. The van der Waals surface area contributed by atoms with E-state index in [1.165, 1.54) is 12.3 Å². The van der Waals surface area contributed by atoms with Crippen molar-refractivity contribution in [3.63, 3.8) is 0 Å². The molecule has 3 aromatic rings. The van der Waals surface area contributed by atoms with Crippen LogP contribution >= 0.6 is 0 Å². The van der Waals surface area contributed by atoms with E-state index in [-0.39, 0.29) is 23.8 Å². The predicted octanol–water partition coefficient (Wildman–Crippen LogP) is 3.81. The summed E-state index contributed by atoms with van der Waals surface area (Å²) in [7, 11) is 0. The maximum atomic E-state index is 13.7. The van der Waals surface area contributed by atoms with Crippen molar-refractivity contribution >= 4 is 5.91 Å². The fourth-order valence-corrected chi connectivity index (χ4v) is 2.30. The smallest absolute Gasteiger partial charge is 0.257 e. The summed E-state index contributed by atoms with van der Waals surface area (Å²) in [5.74, 6) is -0.323. The molecule has 0 radical (unpaired) electrons. The average Bonchev–Trinajstić information content (AvgIpc) is 2.68. The molecule has 0 fully saturated rings. The van der Waals surface area contributed by atoms with Crippen LogP contribution in [-0.2, 0) is 6.54 Å². The van der Waals surface area contributed by atoms with Crippen molar-refractivity contribution in [2.24, 2.45) is 0 Å². The van der Waals surface area contributed by atoms with Crippen molar-refractivity contribution in [3.8, 4) is 17.7 Å². The number of amides is 1. The van der Waals surface area contributed by atoms with Gasteiger partial charge in [0.05, 0.1) is 11.6 Å². The van der Waals surface area contributed by atoms with Gasteiger partial charge in [0.25, 0.3) is 5.91 Å². The van der Waals surface area contributed by atoms with Gasteiger partial charge in [-0.1, -0.05) is 24.3 Å². The lowest BCUT2D eigenvalue weighted by molar-refractivity contribution is 0.0947. The summed E-state index contributed by atoms with van der Waals surface area (Å²) in [5, 5.41) is 11.6. The monoisotopic (exact) mass is 347 g/mol. The Balaban J connectivity index is 1.77. The molecule has 26 heavy (non-hydrogen) atoms. The van der Waals surface area contributed by atoms with Crippen molar-refractivity contribution < 1.29 is 13.9 Å². The van der Waals surface area contributed by atoms with Crippen LogP contribution in [-0.4, -0.2) is 10.9 Å². The fraction of sp³-hybridized carbons (Fsp3) is 0.0500. The first-order valence-electron chi connectivity index (χ1n) is 7.82. The van der Waals surface area contributed by atoms with Crippen LogP contribution in [0.25, 0.3) is 0 Å². The molecule has 1 N–H and O–H groups in total. The lowest BCUT2D eigenvalue weighted by atomic mass is 10.2. The van der Waals surface area contributed by atoms with Gasteiger partial charge in [-0.25, -0.2) is 9.37 Å². The van der Waals surface area contributed by atoms with Gasteiger partial charge in [-0.15, -0.1) is 0 Å². The molecule has 2 aromatic carbocycles. The van der Waals surface area contributed by atoms with Crippen molar-refractivity contribution in [2.75, 3.05) is 0 Å². The highest BCUT2D eigenvalue weighted by molar-refractivity contribution is 5.96. The quantitative estimate of drug-likeness (QED) is 0.761. The number of carbonyl (C=O) groups is 1. The fourth-order valence-electron chi connectivity index (χ4n) is 2.30. The topological polar surface area (TPSA) is 75.0 Å². The van der Waals surface area contributed by atoms with E-state index in [1.54, 1.807) is 54.6 Å². The summed E-state index contributed by atoms with van der Waals surface area (Å²) in [6.07, 6.45) is 1.50. The number of nitrogens with one attached hydrogen (secondary N) is 1. The molecule has 1 heterocycles. The molecule has 0 saturated carbocycles. The normalized spacial score (nSPS) is 10.0. The Morgan fingerprint density at radius 1 is 1.15 bits per heavy atom. The second kappa shape index (κ2) is 7.90. The highest BCUT2D eigenvalue weighted by Crippen LogP contribution is 2.23. The van der Waals surface area contributed by atoms with E-state index in [2.05, 4.69) is 10.3 Å². The van der Waals surface area contributed by atoms with Gasteiger partial charge < -0.3 is 10.1 Å². The van der Waals surface area contributed by atoms with Gasteiger partial charge in [0.1, 0.15) is 17.1 Å². The minimum Gasteiger partial charge on any atom is -0.438 e. The van der Waals surface area contributed by atoms with Gasteiger partial charge in [-0.05, 0) is 36.4 Å². The van der Waals surface area contributed by atoms with Crippen LogP contribution in [0.15, 0.2) is 66.9 Å². The summed E-state index contributed by atoms with van der Waals surface area (Å²) in [6, 6.07) is 17.9. The maximum Gasteiger partial charge on any atom is 0.257 e. The number of benzene rings is 2. The van der Waals surface area contributed by atoms with Crippen LogP contribution in [0.3, 0.4) is 0 Å². The van der Waals surface area contributed by atoms with Crippen molar-refractivity contribution in [1.82, 2.24) is 10.3 Å². The molecule has 128 valence electrons. The molecule has 0 aliphatic rings. The van der Waals surface area contributed by atoms with Gasteiger partial charge in [0.2, 0.25) is 5.88 Å². The van der Waals surface area contributed by atoms with Gasteiger partial charge in [-0.3, -0.25) is 4.79 Å². The number of ether oxygens (including phenoxy) is 1. The molecular weight excluding hydrogens is 333 g/mol. The SMILES string of the molecule is N#Cc1cccc(Oc2ncccc2C(=O)NCc2ccccc2F)c1. The Morgan fingerprint density at radius 2 is 2.00 bits per heavy atom. The number of hydrogen-bond acceptors (Lipinski definition) is 4. The maximum absolute atomic E-state index is 13.7. The number of nitriles is 1. The van der Waals surface area contributed by atoms with Crippen LogP contribution in [0, 0.1) is 17.1 Å². The number of hydrogen-bond donors (Lipinski definition) is 1. The second-order valence-corrected chi connectivity index (χ2v) is 5.37. The molecule has 5 nitrogen and oxygen atoms in total. The highest BCUT2D eigenvalue weighted by Gasteiger charge is 2.15. The molecule has 0 bridgehead atoms. The number of nitrogens with zero attached hydrogens (tertiary/aromatic N) is 2. The summed E-state index contributed by atoms with van der Waals surface area (Å²) >= 11 is 0. The third-order valence-corrected chi connectivity index (χ3v) is 3.59. The molecular formula is C20H14FN3O2.